The fraction of sp³-hybridized carbons (Fsp3) is 0.600. The lowest BCUT2D eigenvalue weighted by molar-refractivity contribution is 0.231. The number of hydrogen-bond donors (Lipinski definition) is 1. The number of aliphatic hydroxyl groups excluding tert-OH is 1. The molecule has 0 aromatic heterocycles. The van der Waals surface area contributed by atoms with Gasteiger partial charge in [0.25, 0.3) is 0 Å². The first kappa shape index (κ1) is 10.5. The Balaban J connectivity index is 2.69. The van der Waals surface area contributed by atoms with Crippen molar-refractivity contribution in [2.24, 2.45) is 0 Å². The van der Waals surface area contributed by atoms with E-state index >= 15 is 0 Å². The Kier molecular flexibility index (Phi) is 3.31. The van der Waals surface area contributed by atoms with Crippen molar-refractivity contribution in [2.45, 2.75) is 32.0 Å². The van der Waals surface area contributed by atoms with Crippen molar-refractivity contribution >= 4 is 8.32 Å². The minimum absolute atomic E-state index is 0.109. The molecule has 1 atom stereocenters. The zero-order valence-corrected chi connectivity index (χ0v) is 9.21. The number of aliphatic hydroxyl groups is 1. The molecule has 3 heteroatoms. The fourth-order valence-electron chi connectivity index (χ4n) is 1.71. The highest BCUT2D eigenvalue weighted by atomic mass is 28.4. The van der Waals surface area contributed by atoms with Crippen molar-refractivity contribution in [2.75, 3.05) is 6.61 Å². The standard InChI is InChI=1S/C10H16O2Si/c1-4-5-9-8-10(6-7-11)13(2,3)12-9/h1,6,9,11H,5,7-8H2,2-3H3/b10-6+. The molecular weight excluding hydrogens is 180 g/mol. The fourth-order valence-corrected chi connectivity index (χ4v) is 4.16. The first-order valence-electron chi connectivity index (χ1n) is 4.52. The van der Waals surface area contributed by atoms with E-state index in [2.05, 4.69) is 19.0 Å². The normalized spacial score (nSPS) is 29.1. The molecule has 1 rings (SSSR count). The van der Waals surface area contributed by atoms with Gasteiger partial charge in [0.1, 0.15) is 0 Å². The van der Waals surface area contributed by atoms with Crippen LogP contribution in [0.2, 0.25) is 13.1 Å². The van der Waals surface area contributed by atoms with Crippen LogP contribution in [0.15, 0.2) is 11.3 Å². The second-order valence-corrected chi connectivity index (χ2v) is 7.67. The van der Waals surface area contributed by atoms with Crippen LogP contribution in [0, 0.1) is 12.3 Å². The summed E-state index contributed by atoms with van der Waals surface area (Å²) in [6, 6.07) is 0. The predicted octanol–water partition coefficient (Wildman–Crippen LogP) is 1.46. The summed E-state index contributed by atoms with van der Waals surface area (Å²) in [5, 5.41) is 10.1. The van der Waals surface area contributed by atoms with Crippen LogP contribution in [-0.2, 0) is 4.43 Å². The first-order chi connectivity index (χ1) is 6.10. The molecule has 1 saturated heterocycles. The molecule has 1 aliphatic rings. The third-order valence-corrected chi connectivity index (χ3v) is 5.24. The Bertz CT molecular complexity index is 250. The molecule has 0 aromatic carbocycles. The molecule has 1 fully saturated rings. The van der Waals surface area contributed by atoms with E-state index in [4.69, 9.17) is 16.0 Å². The number of terminal acetylenes is 1. The highest BCUT2D eigenvalue weighted by molar-refractivity contribution is 6.79. The molecule has 1 N–H and O–H groups in total. The molecule has 2 nitrogen and oxygen atoms in total. The maximum Gasteiger partial charge on any atom is 0.214 e. The van der Waals surface area contributed by atoms with Crippen molar-refractivity contribution in [1.82, 2.24) is 0 Å². The van der Waals surface area contributed by atoms with Gasteiger partial charge in [-0.25, -0.2) is 0 Å². The molecule has 72 valence electrons. The smallest absolute Gasteiger partial charge is 0.214 e. The van der Waals surface area contributed by atoms with Gasteiger partial charge in [-0.05, 0) is 19.5 Å². The minimum atomic E-state index is -1.69. The van der Waals surface area contributed by atoms with Gasteiger partial charge < -0.3 is 9.53 Å². The van der Waals surface area contributed by atoms with Gasteiger partial charge in [-0.3, -0.25) is 0 Å². The minimum Gasteiger partial charge on any atom is -0.409 e. The van der Waals surface area contributed by atoms with E-state index in [0.717, 1.165) is 6.42 Å². The van der Waals surface area contributed by atoms with Gasteiger partial charge in [0.15, 0.2) is 0 Å². The molecule has 1 heterocycles. The molecule has 0 spiro atoms. The van der Waals surface area contributed by atoms with E-state index in [9.17, 15) is 0 Å². The van der Waals surface area contributed by atoms with E-state index in [1.165, 1.54) is 5.20 Å². The first-order valence-corrected chi connectivity index (χ1v) is 7.42. The largest absolute Gasteiger partial charge is 0.409 e. The van der Waals surface area contributed by atoms with Gasteiger partial charge in [-0.15, -0.1) is 12.3 Å². The highest BCUT2D eigenvalue weighted by Crippen LogP contribution is 2.32. The Morgan fingerprint density at radius 2 is 2.46 bits per heavy atom. The number of hydrogen-bond acceptors (Lipinski definition) is 2. The van der Waals surface area contributed by atoms with Crippen molar-refractivity contribution in [3.8, 4) is 12.3 Å². The summed E-state index contributed by atoms with van der Waals surface area (Å²) < 4.78 is 5.87. The molecule has 0 aliphatic carbocycles. The van der Waals surface area contributed by atoms with Crippen LogP contribution < -0.4 is 0 Å². The van der Waals surface area contributed by atoms with Crippen LogP contribution in [0.4, 0.5) is 0 Å². The van der Waals surface area contributed by atoms with Crippen LogP contribution in [-0.4, -0.2) is 26.1 Å². The molecule has 0 amide bonds. The van der Waals surface area contributed by atoms with E-state index in [1.54, 1.807) is 0 Å². The lowest BCUT2D eigenvalue weighted by Gasteiger charge is -2.16. The second kappa shape index (κ2) is 4.10. The van der Waals surface area contributed by atoms with Crippen LogP contribution in [0.25, 0.3) is 0 Å². The Hall–Kier alpha value is -0.563. The monoisotopic (exact) mass is 196 g/mol. The summed E-state index contributed by atoms with van der Waals surface area (Å²) in [6.45, 7) is 4.40. The lowest BCUT2D eigenvalue weighted by atomic mass is 10.2. The number of rotatable bonds is 2. The molecule has 0 saturated carbocycles. The second-order valence-electron chi connectivity index (χ2n) is 3.77. The average molecular weight is 196 g/mol. The summed E-state index contributed by atoms with van der Waals surface area (Å²) >= 11 is 0. The molecule has 1 unspecified atom stereocenters. The van der Waals surface area contributed by atoms with Gasteiger partial charge in [0.2, 0.25) is 8.32 Å². The van der Waals surface area contributed by atoms with E-state index < -0.39 is 8.32 Å². The van der Waals surface area contributed by atoms with Crippen LogP contribution >= 0.6 is 0 Å². The van der Waals surface area contributed by atoms with Crippen LogP contribution in [0.3, 0.4) is 0 Å². The SMILES string of the molecule is C#CCC1C/C(=C\CO)[Si](C)(C)O1. The molecule has 0 aromatic rings. The molecule has 0 radical (unpaired) electrons. The van der Waals surface area contributed by atoms with E-state index in [1.807, 2.05) is 6.08 Å². The summed E-state index contributed by atoms with van der Waals surface area (Å²) in [6.07, 6.45) is 8.88. The van der Waals surface area contributed by atoms with Crippen molar-refractivity contribution in [3.63, 3.8) is 0 Å². The predicted molar refractivity (Wildman–Crippen MR) is 55.6 cm³/mol. The van der Waals surface area contributed by atoms with Crippen molar-refractivity contribution in [1.29, 1.82) is 0 Å². The quantitative estimate of drug-likeness (QED) is 0.535. The Morgan fingerprint density at radius 1 is 1.77 bits per heavy atom. The average Bonchev–Trinajstić information content (AvgIpc) is 2.28. The summed E-state index contributed by atoms with van der Waals surface area (Å²) in [4.78, 5) is 0. The van der Waals surface area contributed by atoms with Crippen LogP contribution in [0.1, 0.15) is 12.8 Å². The van der Waals surface area contributed by atoms with Gasteiger partial charge in [0.05, 0.1) is 12.7 Å². The molecule has 13 heavy (non-hydrogen) atoms. The lowest BCUT2D eigenvalue weighted by Crippen LogP contribution is -2.28. The molecular formula is C10H16O2Si. The Morgan fingerprint density at radius 3 is 3.00 bits per heavy atom. The third-order valence-electron chi connectivity index (χ3n) is 2.37. The zero-order valence-electron chi connectivity index (χ0n) is 8.21. The van der Waals surface area contributed by atoms with Crippen molar-refractivity contribution < 1.29 is 9.53 Å². The van der Waals surface area contributed by atoms with Gasteiger partial charge in [-0.2, -0.15) is 0 Å². The summed E-state index contributed by atoms with van der Waals surface area (Å²) in [7, 11) is -1.69. The van der Waals surface area contributed by atoms with E-state index in [-0.39, 0.29) is 12.7 Å². The molecule has 0 bridgehead atoms. The topological polar surface area (TPSA) is 29.5 Å². The maximum absolute atomic E-state index is 8.83. The molecule has 1 aliphatic heterocycles. The highest BCUT2D eigenvalue weighted by Gasteiger charge is 2.38. The van der Waals surface area contributed by atoms with Crippen LogP contribution in [0.5, 0.6) is 0 Å². The summed E-state index contributed by atoms with van der Waals surface area (Å²) in [5.74, 6) is 2.62. The summed E-state index contributed by atoms with van der Waals surface area (Å²) in [5.41, 5.74) is 0. The zero-order chi connectivity index (χ0) is 9.90. The third kappa shape index (κ3) is 2.44. The van der Waals surface area contributed by atoms with Gasteiger partial charge in [-0.1, -0.05) is 11.3 Å². The van der Waals surface area contributed by atoms with E-state index in [0.29, 0.717) is 6.42 Å². The van der Waals surface area contributed by atoms with Gasteiger partial charge in [0, 0.05) is 6.42 Å². The Labute approximate surface area is 80.7 Å². The van der Waals surface area contributed by atoms with Gasteiger partial charge >= 0.3 is 0 Å². The maximum atomic E-state index is 8.83. The van der Waals surface area contributed by atoms with Crippen molar-refractivity contribution in [3.05, 3.63) is 11.3 Å².